The summed E-state index contributed by atoms with van der Waals surface area (Å²) in [6, 6.07) is 10.5. The van der Waals surface area contributed by atoms with Crippen molar-refractivity contribution in [2.24, 2.45) is 0 Å². The molecule has 0 aromatic heterocycles. The van der Waals surface area contributed by atoms with E-state index in [9.17, 15) is 21.6 Å². The maximum Gasteiger partial charge on any atom is 0.264 e. The number of nitrogens with zero attached hydrogens (tertiary/aromatic N) is 2. The molecular weight excluding hydrogens is 400 g/mol. The molecule has 1 heterocycles. The summed E-state index contributed by atoms with van der Waals surface area (Å²) >= 11 is 0. The van der Waals surface area contributed by atoms with Gasteiger partial charge in [-0.2, -0.15) is 0 Å². The van der Waals surface area contributed by atoms with Gasteiger partial charge in [-0.3, -0.25) is 9.10 Å². The van der Waals surface area contributed by atoms with Gasteiger partial charge < -0.3 is 4.90 Å². The second kappa shape index (κ2) is 7.21. The quantitative estimate of drug-likeness (QED) is 0.753. The van der Waals surface area contributed by atoms with Crippen LogP contribution in [0.2, 0.25) is 0 Å². The fourth-order valence-corrected chi connectivity index (χ4v) is 5.14. The number of amides is 1. The molecule has 150 valence electrons. The number of hydrogen-bond acceptors (Lipinski definition) is 5. The van der Waals surface area contributed by atoms with E-state index in [1.807, 2.05) is 0 Å². The highest BCUT2D eigenvalue weighted by Crippen LogP contribution is 2.31. The van der Waals surface area contributed by atoms with Gasteiger partial charge in [0.25, 0.3) is 10.0 Å². The van der Waals surface area contributed by atoms with Crippen molar-refractivity contribution >= 4 is 37.1 Å². The SMILES string of the molecule is CC(=O)N1CCCc2cc(S(=O)(=O)N(C)c3ccc(S(C)(=O)=O)cc3)ccc21. The summed E-state index contributed by atoms with van der Waals surface area (Å²) in [5, 5.41) is 0. The molecule has 1 amide bonds. The van der Waals surface area contributed by atoms with Crippen molar-refractivity contribution < 1.29 is 21.6 Å². The van der Waals surface area contributed by atoms with Crippen molar-refractivity contribution in [2.45, 2.75) is 29.6 Å². The number of fused-ring (bicyclic) bond motifs is 1. The predicted octanol–water partition coefficient (Wildman–Crippen LogP) is 2.21. The second-order valence-corrected chi connectivity index (χ2v) is 10.8. The highest BCUT2D eigenvalue weighted by Gasteiger charge is 2.26. The largest absolute Gasteiger partial charge is 0.312 e. The molecule has 0 fully saturated rings. The lowest BCUT2D eigenvalue weighted by Crippen LogP contribution is -2.34. The van der Waals surface area contributed by atoms with Crippen molar-refractivity contribution in [3.63, 3.8) is 0 Å². The molecule has 0 atom stereocenters. The van der Waals surface area contributed by atoms with Crippen LogP contribution in [0.15, 0.2) is 52.3 Å². The van der Waals surface area contributed by atoms with Crippen LogP contribution in [0.25, 0.3) is 0 Å². The molecule has 0 aliphatic carbocycles. The summed E-state index contributed by atoms with van der Waals surface area (Å²) in [5.41, 5.74) is 1.93. The van der Waals surface area contributed by atoms with Gasteiger partial charge in [-0.1, -0.05) is 0 Å². The average molecular weight is 423 g/mol. The number of anilines is 2. The molecule has 0 spiro atoms. The lowest BCUT2D eigenvalue weighted by Gasteiger charge is -2.29. The van der Waals surface area contributed by atoms with Gasteiger partial charge in [0, 0.05) is 32.5 Å². The third kappa shape index (κ3) is 3.77. The van der Waals surface area contributed by atoms with E-state index in [-0.39, 0.29) is 15.7 Å². The standard InChI is InChI=1S/C19H22N2O5S2/c1-14(22)21-12-4-5-15-13-18(10-11-19(15)21)28(25,26)20(2)16-6-8-17(9-7-16)27(3,23)24/h6-11,13H,4-5,12H2,1-3H3. The predicted molar refractivity (Wildman–Crippen MR) is 108 cm³/mol. The molecule has 0 bridgehead atoms. The van der Waals surface area contributed by atoms with Crippen LogP contribution in [0.1, 0.15) is 18.9 Å². The monoisotopic (exact) mass is 422 g/mol. The number of aryl methyl sites for hydroxylation is 1. The van der Waals surface area contributed by atoms with Gasteiger partial charge in [-0.15, -0.1) is 0 Å². The lowest BCUT2D eigenvalue weighted by atomic mass is 10.0. The molecule has 0 N–H and O–H groups in total. The molecule has 7 nitrogen and oxygen atoms in total. The summed E-state index contributed by atoms with van der Waals surface area (Å²) in [7, 11) is -5.76. The van der Waals surface area contributed by atoms with Gasteiger partial charge in [-0.25, -0.2) is 16.8 Å². The van der Waals surface area contributed by atoms with Crippen molar-refractivity contribution in [1.82, 2.24) is 0 Å². The Balaban J connectivity index is 1.95. The fraction of sp³-hybridized carbons (Fsp3) is 0.316. The van der Waals surface area contributed by atoms with E-state index < -0.39 is 19.9 Å². The highest BCUT2D eigenvalue weighted by molar-refractivity contribution is 7.92. The number of sulfone groups is 1. The Kier molecular flexibility index (Phi) is 5.24. The zero-order chi connectivity index (χ0) is 20.7. The number of carbonyl (C=O) groups is 1. The van der Waals surface area contributed by atoms with E-state index in [2.05, 4.69) is 0 Å². The molecule has 0 unspecified atom stereocenters. The van der Waals surface area contributed by atoms with E-state index in [1.165, 1.54) is 44.3 Å². The van der Waals surface area contributed by atoms with Gasteiger partial charge >= 0.3 is 0 Å². The van der Waals surface area contributed by atoms with Gasteiger partial charge in [0.05, 0.1) is 15.5 Å². The van der Waals surface area contributed by atoms with Crippen LogP contribution in [0.5, 0.6) is 0 Å². The maximum atomic E-state index is 13.0. The van der Waals surface area contributed by atoms with Crippen molar-refractivity contribution in [3.05, 3.63) is 48.0 Å². The van der Waals surface area contributed by atoms with Crippen LogP contribution in [0, 0.1) is 0 Å². The van der Waals surface area contributed by atoms with Crippen molar-refractivity contribution in [1.29, 1.82) is 0 Å². The Labute approximate surface area is 165 Å². The minimum absolute atomic E-state index is 0.0698. The molecule has 2 aromatic carbocycles. The van der Waals surface area contributed by atoms with Crippen LogP contribution in [0.3, 0.4) is 0 Å². The van der Waals surface area contributed by atoms with Gasteiger partial charge in [-0.05, 0) is 60.9 Å². The third-order valence-electron chi connectivity index (χ3n) is 4.84. The van der Waals surface area contributed by atoms with E-state index in [1.54, 1.807) is 17.0 Å². The molecule has 28 heavy (non-hydrogen) atoms. The average Bonchev–Trinajstić information content (AvgIpc) is 2.65. The van der Waals surface area contributed by atoms with E-state index in [0.717, 1.165) is 28.2 Å². The molecule has 0 saturated heterocycles. The van der Waals surface area contributed by atoms with Crippen molar-refractivity contribution in [2.75, 3.05) is 29.1 Å². The molecule has 1 aliphatic heterocycles. The minimum atomic E-state index is -3.83. The Morgan fingerprint density at radius 3 is 2.18 bits per heavy atom. The van der Waals surface area contributed by atoms with Crippen LogP contribution in [0.4, 0.5) is 11.4 Å². The van der Waals surface area contributed by atoms with Crippen LogP contribution < -0.4 is 9.21 Å². The Morgan fingerprint density at radius 1 is 1.00 bits per heavy atom. The molecular formula is C19H22N2O5S2. The molecule has 0 radical (unpaired) electrons. The summed E-state index contributed by atoms with van der Waals surface area (Å²) in [6.45, 7) is 2.12. The number of benzene rings is 2. The van der Waals surface area contributed by atoms with Crippen LogP contribution >= 0.6 is 0 Å². The Bertz CT molecular complexity index is 1120. The number of hydrogen-bond donors (Lipinski definition) is 0. The zero-order valence-corrected chi connectivity index (χ0v) is 17.5. The van der Waals surface area contributed by atoms with Crippen LogP contribution in [-0.4, -0.2) is 42.6 Å². The molecule has 2 aromatic rings. The molecule has 9 heteroatoms. The Hall–Kier alpha value is -2.39. The highest BCUT2D eigenvalue weighted by atomic mass is 32.2. The first-order chi connectivity index (χ1) is 13.0. The zero-order valence-electron chi connectivity index (χ0n) is 15.9. The summed E-state index contributed by atoms with van der Waals surface area (Å²) in [4.78, 5) is 13.7. The van der Waals surface area contributed by atoms with E-state index in [0.29, 0.717) is 18.7 Å². The molecule has 3 rings (SSSR count). The first kappa shape index (κ1) is 20.3. The normalized spacial score (nSPS) is 14.5. The minimum Gasteiger partial charge on any atom is -0.312 e. The van der Waals surface area contributed by atoms with Crippen molar-refractivity contribution in [3.8, 4) is 0 Å². The van der Waals surface area contributed by atoms with Gasteiger partial charge in [0.15, 0.2) is 9.84 Å². The molecule has 0 saturated carbocycles. The first-order valence-electron chi connectivity index (χ1n) is 8.72. The first-order valence-corrected chi connectivity index (χ1v) is 12.0. The number of sulfonamides is 1. The lowest BCUT2D eigenvalue weighted by molar-refractivity contribution is -0.116. The molecule has 1 aliphatic rings. The smallest absolute Gasteiger partial charge is 0.264 e. The summed E-state index contributed by atoms with van der Waals surface area (Å²) in [5.74, 6) is -0.0698. The second-order valence-electron chi connectivity index (χ2n) is 6.80. The number of carbonyl (C=O) groups excluding carboxylic acids is 1. The topological polar surface area (TPSA) is 91.8 Å². The summed E-state index contributed by atoms with van der Waals surface area (Å²) in [6.07, 6.45) is 2.58. The Morgan fingerprint density at radius 2 is 1.61 bits per heavy atom. The number of rotatable bonds is 4. The van der Waals surface area contributed by atoms with Gasteiger partial charge in [0.1, 0.15) is 0 Å². The maximum absolute atomic E-state index is 13.0. The van der Waals surface area contributed by atoms with E-state index in [4.69, 9.17) is 0 Å². The fourth-order valence-electron chi connectivity index (χ4n) is 3.26. The third-order valence-corrected chi connectivity index (χ3v) is 7.75. The summed E-state index contributed by atoms with van der Waals surface area (Å²) < 4.78 is 50.4. The van der Waals surface area contributed by atoms with Gasteiger partial charge in [0.2, 0.25) is 5.91 Å². The van der Waals surface area contributed by atoms with E-state index >= 15 is 0 Å². The van der Waals surface area contributed by atoms with Crippen LogP contribution in [-0.2, 0) is 31.1 Å².